The van der Waals surface area contributed by atoms with E-state index in [1.54, 1.807) is 0 Å². The fourth-order valence-corrected chi connectivity index (χ4v) is 2.30. The molecule has 0 aliphatic carbocycles. The normalized spacial score (nSPS) is 11.1. The molecule has 0 atom stereocenters. The van der Waals surface area contributed by atoms with Crippen molar-refractivity contribution in [3.05, 3.63) is 54.6 Å². The van der Waals surface area contributed by atoms with Crippen molar-refractivity contribution in [1.82, 2.24) is 4.90 Å². The topological polar surface area (TPSA) is 62.9 Å². The van der Waals surface area contributed by atoms with E-state index in [1.165, 1.54) is 0 Å². The zero-order valence-electron chi connectivity index (χ0n) is 14.8. The molecule has 2 aromatic rings. The summed E-state index contributed by atoms with van der Waals surface area (Å²) in [5.74, 6) is 1.97. The third-order valence-electron chi connectivity index (χ3n) is 3.68. The van der Waals surface area contributed by atoms with E-state index in [9.17, 15) is 0 Å². The van der Waals surface area contributed by atoms with Gasteiger partial charge in [-0.1, -0.05) is 38.1 Å². The van der Waals surface area contributed by atoms with Gasteiger partial charge in [0.05, 0.1) is 6.54 Å². The molecule has 0 bridgehead atoms. The fraction of sp³-hybridized carbons (Fsp3) is 0.316. The van der Waals surface area contributed by atoms with Crippen LogP contribution in [-0.4, -0.2) is 37.0 Å². The summed E-state index contributed by atoms with van der Waals surface area (Å²) >= 11 is 0. The van der Waals surface area contributed by atoms with Gasteiger partial charge in [0.1, 0.15) is 11.5 Å². The van der Waals surface area contributed by atoms with Gasteiger partial charge in [-0.2, -0.15) is 0 Å². The Morgan fingerprint density at radius 1 is 1.04 bits per heavy atom. The standard InChI is InChI=1S/C19H26N4O.HI/c1-3-23(4-2)14-13-21-19(20)22-16-9-8-12-18(15-16)24-17-10-6-5-7-11-17;/h5-12,15H,3-4,13-14H2,1-2H3,(H3,20,21,22);1H. The molecule has 0 saturated carbocycles. The molecule has 0 radical (unpaired) electrons. The van der Waals surface area contributed by atoms with Gasteiger partial charge in [0.2, 0.25) is 0 Å². The maximum Gasteiger partial charge on any atom is 0.193 e. The molecule has 0 fully saturated rings. The number of nitrogens with zero attached hydrogens (tertiary/aromatic N) is 2. The number of halogens is 1. The van der Waals surface area contributed by atoms with Crippen LogP contribution >= 0.6 is 24.0 Å². The van der Waals surface area contributed by atoms with Gasteiger partial charge in [-0.15, -0.1) is 24.0 Å². The van der Waals surface area contributed by atoms with Crippen molar-refractivity contribution in [3.63, 3.8) is 0 Å². The lowest BCUT2D eigenvalue weighted by Crippen LogP contribution is -2.28. The Labute approximate surface area is 167 Å². The number of anilines is 1. The zero-order chi connectivity index (χ0) is 17.2. The van der Waals surface area contributed by atoms with Gasteiger partial charge < -0.3 is 20.7 Å². The van der Waals surface area contributed by atoms with Crippen molar-refractivity contribution in [2.45, 2.75) is 13.8 Å². The number of para-hydroxylation sites is 1. The Morgan fingerprint density at radius 2 is 1.72 bits per heavy atom. The van der Waals surface area contributed by atoms with Crippen molar-refractivity contribution in [3.8, 4) is 11.5 Å². The Kier molecular flexibility index (Phi) is 9.94. The molecule has 2 aromatic carbocycles. The van der Waals surface area contributed by atoms with Crippen LogP contribution < -0.4 is 15.8 Å². The molecule has 6 heteroatoms. The highest BCUT2D eigenvalue weighted by Gasteiger charge is 2.01. The van der Waals surface area contributed by atoms with Gasteiger partial charge in [-0.25, -0.2) is 0 Å². The summed E-state index contributed by atoms with van der Waals surface area (Å²) in [6.45, 7) is 7.93. The largest absolute Gasteiger partial charge is 0.457 e. The Bertz CT molecular complexity index is 645. The molecule has 0 spiro atoms. The molecular weight excluding hydrogens is 427 g/mol. The van der Waals surface area contributed by atoms with Gasteiger partial charge >= 0.3 is 0 Å². The molecule has 0 aliphatic rings. The number of aliphatic imine (C=N–C) groups is 1. The summed E-state index contributed by atoms with van der Waals surface area (Å²) in [7, 11) is 0. The third kappa shape index (κ3) is 7.74. The quantitative estimate of drug-likeness (QED) is 0.357. The molecule has 0 saturated heterocycles. The van der Waals surface area contributed by atoms with Gasteiger partial charge in [-0.3, -0.25) is 4.99 Å². The van der Waals surface area contributed by atoms with Gasteiger partial charge in [0.15, 0.2) is 5.96 Å². The molecule has 0 heterocycles. The number of nitrogens with two attached hydrogens (primary N) is 1. The lowest BCUT2D eigenvalue weighted by Gasteiger charge is -2.16. The minimum absolute atomic E-state index is 0. The van der Waals surface area contributed by atoms with E-state index in [-0.39, 0.29) is 24.0 Å². The maximum atomic E-state index is 5.96. The first kappa shape index (κ1) is 21.2. The highest BCUT2D eigenvalue weighted by atomic mass is 127. The summed E-state index contributed by atoms with van der Waals surface area (Å²) in [5.41, 5.74) is 6.81. The molecule has 5 nitrogen and oxygen atoms in total. The van der Waals surface area contributed by atoms with Crippen LogP contribution in [0.15, 0.2) is 59.6 Å². The number of hydrogen-bond donors (Lipinski definition) is 2. The van der Waals surface area contributed by atoms with E-state index in [1.807, 2.05) is 54.6 Å². The highest BCUT2D eigenvalue weighted by molar-refractivity contribution is 14.0. The Hall–Kier alpha value is -1.80. The predicted octanol–water partition coefficient (Wildman–Crippen LogP) is 4.17. The number of hydrogen-bond acceptors (Lipinski definition) is 3. The van der Waals surface area contributed by atoms with Crippen molar-refractivity contribution in [2.75, 3.05) is 31.5 Å². The molecule has 136 valence electrons. The Balaban J connectivity index is 0.00000312. The predicted molar refractivity (Wildman–Crippen MR) is 116 cm³/mol. The van der Waals surface area contributed by atoms with Crippen LogP contribution in [-0.2, 0) is 0 Å². The number of benzene rings is 2. The summed E-state index contributed by atoms with van der Waals surface area (Å²) in [6, 6.07) is 17.3. The number of nitrogens with one attached hydrogen (secondary N) is 1. The summed E-state index contributed by atoms with van der Waals surface area (Å²) in [4.78, 5) is 6.68. The first-order valence-corrected chi connectivity index (χ1v) is 8.33. The van der Waals surface area contributed by atoms with Crippen LogP contribution in [0.1, 0.15) is 13.8 Å². The van der Waals surface area contributed by atoms with Gasteiger partial charge in [0, 0.05) is 18.3 Å². The first-order valence-electron chi connectivity index (χ1n) is 8.33. The van der Waals surface area contributed by atoms with E-state index in [0.29, 0.717) is 12.5 Å². The molecule has 0 unspecified atom stereocenters. The number of ether oxygens (including phenoxy) is 1. The van der Waals surface area contributed by atoms with Crippen LogP contribution in [0.5, 0.6) is 11.5 Å². The van der Waals surface area contributed by atoms with E-state index in [4.69, 9.17) is 10.5 Å². The van der Waals surface area contributed by atoms with Gasteiger partial charge in [-0.05, 0) is 37.4 Å². The minimum atomic E-state index is 0. The maximum absolute atomic E-state index is 5.96. The van der Waals surface area contributed by atoms with Crippen LogP contribution in [0.25, 0.3) is 0 Å². The van der Waals surface area contributed by atoms with Crippen molar-refractivity contribution < 1.29 is 4.74 Å². The Morgan fingerprint density at radius 3 is 2.40 bits per heavy atom. The highest BCUT2D eigenvalue weighted by Crippen LogP contribution is 2.23. The summed E-state index contributed by atoms with van der Waals surface area (Å²) in [6.07, 6.45) is 0. The van der Waals surface area contributed by atoms with E-state index < -0.39 is 0 Å². The second kappa shape index (κ2) is 11.7. The SMILES string of the molecule is CCN(CC)CCN=C(N)Nc1cccc(Oc2ccccc2)c1.I. The molecule has 0 amide bonds. The lowest BCUT2D eigenvalue weighted by molar-refractivity contribution is 0.313. The molecule has 3 N–H and O–H groups in total. The van der Waals surface area contributed by atoms with E-state index in [0.717, 1.165) is 36.8 Å². The van der Waals surface area contributed by atoms with Crippen molar-refractivity contribution in [2.24, 2.45) is 10.7 Å². The monoisotopic (exact) mass is 454 g/mol. The fourth-order valence-electron chi connectivity index (χ4n) is 2.30. The number of rotatable bonds is 8. The van der Waals surface area contributed by atoms with E-state index >= 15 is 0 Å². The molecule has 2 rings (SSSR count). The van der Waals surface area contributed by atoms with Crippen LogP contribution in [0.3, 0.4) is 0 Å². The number of likely N-dealkylation sites (N-methyl/N-ethyl adjacent to an activating group) is 1. The summed E-state index contributed by atoms with van der Waals surface area (Å²) in [5, 5.41) is 3.11. The second-order valence-corrected chi connectivity index (χ2v) is 5.36. The van der Waals surface area contributed by atoms with Crippen molar-refractivity contribution in [1.29, 1.82) is 0 Å². The average Bonchev–Trinajstić information content (AvgIpc) is 2.60. The van der Waals surface area contributed by atoms with E-state index in [2.05, 4.69) is 29.1 Å². The van der Waals surface area contributed by atoms with Crippen LogP contribution in [0.2, 0.25) is 0 Å². The lowest BCUT2D eigenvalue weighted by atomic mass is 10.3. The molecule has 0 aromatic heterocycles. The minimum Gasteiger partial charge on any atom is -0.457 e. The van der Waals surface area contributed by atoms with Crippen LogP contribution in [0, 0.1) is 0 Å². The smallest absolute Gasteiger partial charge is 0.193 e. The molecule has 0 aliphatic heterocycles. The number of guanidine groups is 1. The molecule has 25 heavy (non-hydrogen) atoms. The molecular formula is C19H27IN4O. The first-order chi connectivity index (χ1) is 11.7. The van der Waals surface area contributed by atoms with Gasteiger partial charge in [0.25, 0.3) is 0 Å². The summed E-state index contributed by atoms with van der Waals surface area (Å²) < 4.78 is 5.81. The average molecular weight is 454 g/mol. The van der Waals surface area contributed by atoms with Crippen molar-refractivity contribution >= 4 is 35.6 Å². The zero-order valence-corrected chi connectivity index (χ0v) is 17.1. The van der Waals surface area contributed by atoms with Crippen LogP contribution in [0.4, 0.5) is 5.69 Å². The third-order valence-corrected chi connectivity index (χ3v) is 3.68. The second-order valence-electron chi connectivity index (χ2n) is 5.36.